The predicted octanol–water partition coefficient (Wildman–Crippen LogP) is 10.3. The number of rotatable bonds is 17. The first-order valence-electron chi connectivity index (χ1n) is 25.7. The van der Waals surface area contributed by atoms with E-state index in [2.05, 4.69) is 43.8 Å². The molecule has 448 valence electrons. The van der Waals surface area contributed by atoms with Crippen LogP contribution in [0.2, 0.25) is 0 Å². The number of sulfone groups is 2. The smallest absolute Gasteiger partial charge is 0.408 e. The SMILES string of the molecule is C.C.C.C=C(C)c1cccc(C(C)(C)N=C=O)c1.[C-]#[N+]/C(=C\c1ccc(N2CCS(=O)(=O)CC2)cc1)C(=O)NCC(C)O.[C-]#[N+]/C(=C\c1ccc(N2CCS(=O)(=O)CC2)cc1)C(=O)NCC(C)OC(=O)NC(C)(C)c1cccc(C(=C)C)c1. The molecular weight excluding hydrogens is 1090 g/mol. The second-order valence-corrected chi connectivity index (χ2v) is 25.1. The Morgan fingerprint density at radius 2 is 1.07 bits per heavy atom. The molecule has 6 rings (SSSR count). The van der Waals surface area contributed by atoms with Gasteiger partial charge in [0.15, 0.2) is 19.7 Å². The van der Waals surface area contributed by atoms with Crippen molar-refractivity contribution in [3.8, 4) is 0 Å². The van der Waals surface area contributed by atoms with E-state index in [1.54, 1.807) is 44.2 Å². The van der Waals surface area contributed by atoms with Crippen LogP contribution >= 0.6 is 0 Å². The van der Waals surface area contributed by atoms with Gasteiger partial charge in [0.25, 0.3) is 11.4 Å². The third-order valence-electron chi connectivity index (χ3n) is 12.8. The van der Waals surface area contributed by atoms with Crippen LogP contribution in [0.4, 0.5) is 16.2 Å². The summed E-state index contributed by atoms with van der Waals surface area (Å²) in [7, 11) is -5.88. The van der Waals surface area contributed by atoms with E-state index in [1.807, 2.05) is 124 Å². The molecule has 83 heavy (non-hydrogen) atoms. The zero-order valence-corrected chi connectivity index (χ0v) is 48.3. The normalized spacial score (nSPS) is 15.1. The highest BCUT2D eigenvalue weighted by Crippen LogP contribution is 2.28. The Bertz CT molecular complexity index is 3290. The summed E-state index contributed by atoms with van der Waals surface area (Å²) < 4.78 is 51.7. The summed E-state index contributed by atoms with van der Waals surface area (Å²) in [6.07, 6.45) is 2.63. The van der Waals surface area contributed by atoms with Crippen molar-refractivity contribution in [2.75, 3.05) is 72.1 Å². The number of allylic oxidation sites excluding steroid dienone is 2. The molecule has 2 atom stereocenters. The maximum Gasteiger partial charge on any atom is 0.408 e. The molecule has 20 heteroatoms. The number of hydrogen-bond donors (Lipinski definition) is 4. The third kappa shape index (κ3) is 23.7. The molecule has 3 amide bonds. The summed E-state index contributed by atoms with van der Waals surface area (Å²) in [5.41, 5.74) is 7.65. The zero-order valence-electron chi connectivity index (χ0n) is 46.7. The van der Waals surface area contributed by atoms with E-state index < -0.39 is 60.9 Å². The summed E-state index contributed by atoms with van der Waals surface area (Å²) in [5, 5.41) is 17.2. The van der Waals surface area contributed by atoms with Crippen LogP contribution in [-0.2, 0) is 49.9 Å². The number of nitrogens with one attached hydrogen (secondary N) is 3. The summed E-state index contributed by atoms with van der Waals surface area (Å²) in [6, 6.07) is 30.1. The maximum absolute atomic E-state index is 12.6. The summed E-state index contributed by atoms with van der Waals surface area (Å²) >= 11 is 0. The fourth-order valence-electron chi connectivity index (χ4n) is 7.87. The van der Waals surface area contributed by atoms with Gasteiger partial charge in [-0.3, -0.25) is 9.59 Å². The largest absolute Gasteiger partial charge is 0.445 e. The molecular formula is C63H84N8O10S2. The van der Waals surface area contributed by atoms with E-state index >= 15 is 0 Å². The Balaban J connectivity index is 0.000000683. The van der Waals surface area contributed by atoms with Crippen molar-refractivity contribution in [3.05, 3.63) is 178 Å². The number of benzene rings is 4. The standard InChI is InChI=1S/C30H36N4O5S.C17H21N3O4S.C13H15NO.3CH4/c1-21(2)24-8-7-9-25(19-24)30(4,5)33-29(36)39-22(3)20-32-28(35)27(31-6)18-23-10-12-26(13-11-23)34-14-16-40(37,38)17-15-34;1-13(21)12-19-17(22)16(18-2)11-14-3-5-15(6-4-14)20-7-9-25(23,24)10-8-20;1-10(2)11-6-5-7-12(8-11)13(3,4)14-9-15;;;/h7-13,18-19,22H,1,14-17,20H2,2-5H3,(H,32,35)(H,33,36);3-6,11,13,21H,7-10,12H2,1H3,(H,19,22);5-8H,1H2,2-4H3;3*1H4/b27-18-;16-11-;;;;. The second kappa shape index (κ2) is 33.1. The van der Waals surface area contributed by atoms with Gasteiger partial charge in [-0.1, -0.05) is 107 Å². The van der Waals surface area contributed by atoms with Gasteiger partial charge in [0, 0.05) is 44.1 Å². The highest BCUT2D eigenvalue weighted by molar-refractivity contribution is 7.91. The van der Waals surface area contributed by atoms with Crippen LogP contribution in [0.25, 0.3) is 33.0 Å². The number of carbonyl (C=O) groups is 3. The first kappa shape index (κ1) is 72.9. The average molecular weight is 1180 g/mol. The first-order valence-corrected chi connectivity index (χ1v) is 29.4. The highest BCUT2D eigenvalue weighted by Gasteiger charge is 2.27. The molecule has 2 aliphatic heterocycles. The maximum atomic E-state index is 12.6. The molecule has 18 nitrogen and oxygen atoms in total. The van der Waals surface area contributed by atoms with Crippen molar-refractivity contribution >= 4 is 78.3 Å². The van der Waals surface area contributed by atoms with Crippen molar-refractivity contribution in [3.63, 3.8) is 0 Å². The molecule has 2 saturated heterocycles. The van der Waals surface area contributed by atoms with Gasteiger partial charge in [-0.05, 0) is 137 Å². The molecule has 4 aromatic carbocycles. The Hall–Kier alpha value is -8.13. The molecule has 0 aromatic heterocycles. The minimum Gasteiger partial charge on any atom is -0.445 e. The molecule has 0 saturated carbocycles. The van der Waals surface area contributed by atoms with Crippen molar-refractivity contribution in [1.82, 2.24) is 16.0 Å². The summed E-state index contributed by atoms with van der Waals surface area (Å²) in [6.45, 7) is 38.9. The Morgan fingerprint density at radius 1 is 0.687 bits per heavy atom. The van der Waals surface area contributed by atoms with Crippen molar-refractivity contribution < 1.29 is 45.9 Å². The highest BCUT2D eigenvalue weighted by atomic mass is 32.2. The lowest BCUT2D eigenvalue weighted by molar-refractivity contribution is -0.118. The molecule has 2 unspecified atom stereocenters. The topological polar surface area (TPSA) is 230 Å². The quantitative estimate of drug-likeness (QED) is 0.0335. The predicted molar refractivity (Wildman–Crippen MR) is 337 cm³/mol. The fraction of sp³-hybridized carbons (Fsp3) is 0.397. The molecule has 2 heterocycles. The van der Waals surface area contributed by atoms with Crippen LogP contribution in [0.1, 0.15) is 111 Å². The monoisotopic (exact) mass is 1180 g/mol. The number of amides is 3. The fourth-order valence-corrected chi connectivity index (χ4v) is 10.3. The first-order chi connectivity index (χ1) is 37.6. The van der Waals surface area contributed by atoms with Gasteiger partial charge in [0.05, 0.1) is 59.9 Å². The van der Waals surface area contributed by atoms with Gasteiger partial charge in [-0.25, -0.2) is 36.1 Å². The van der Waals surface area contributed by atoms with Gasteiger partial charge >= 0.3 is 6.09 Å². The van der Waals surface area contributed by atoms with Gasteiger partial charge in [0.1, 0.15) is 6.10 Å². The molecule has 2 aliphatic rings. The number of anilines is 2. The Kier molecular flexibility index (Phi) is 29.1. The van der Waals surface area contributed by atoms with Crippen LogP contribution in [0, 0.1) is 13.1 Å². The molecule has 4 N–H and O–H groups in total. The van der Waals surface area contributed by atoms with Crippen LogP contribution in [-0.4, -0.2) is 120 Å². The molecule has 0 radical (unpaired) electrons. The van der Waals surface area contributed by atoms with E-state index in [-0.39, 0.29) is 69.8 Å². The number of hydrogen-bond acceptors (Lipinski definition) is 13. The molecule has 0 aliphatic carbocycles. The minimum absolute atomic E-state index is 0. The molecule has 0 bridgehead atoms. The van der Waals surface area contributed by atoms with E-state index in [9.17, 15) is 41.1 Å². The van der Waals surface area contributed by atoms with Gasteiger partial charge < -0.3 is 35.6 Å². The minimum atomic E-state index is -2.97. The third-order valence-corrected chi connectivity index (χ3v) is 16.0. The zero-order chi connectivity index (χ0) is 59.4. The molecule has 2 fully saturated rings. The number of carbonyl (C=O) groups excluding carboxylic acids is 4. The van der Waals surface area contributed by atoms with Crippen LogP contribution in [0.3, 0.4) is 0 Å². The number of ether oxygens (including phenoxy) is 1. The van der Waals surface area contributed by atoms with E-state index in [0.717, 1.165) is 44.8 Å². The number of nitrogens with zero attached hydrogens (tertiary/aromatic N) is 5. The Labute approximate surface area is 493 Å². The van der Waals surface area contributed by atoms with Crippen LogP contribution < -0.4 is 25.8 Å². The number of isocyanates is 1. The van der Waals surface area contributed by atoms with Gasteiger partial charge in [-0.15, -0.1) is 0 Å². The number of aliphatic hydroxyl groups excluding tert-OH is 1. The van der Waals surface area contributed by atoms with E-state index in [0.29, 0.717) is 37.3 Å². The molecule has 0 spiro atoms. The lowest BCUT2D eigenvalue weighted by atomic mass is 9.92. The van der Waals surface area contributed by atoms with Crippen LogP contribution in [0.5, 0.6) is 0 Å². The summed E-state index contributed by atoms with van der Waals surface area (Å²) in [5.74, 6) is -0.544. The lowest BCUT2D eigenvalue weighted by Gasteiger charge is -2.28. The molecule has 4 aromatic rings. The van der Waals surface area contributed by atoms with Crippen molar-refractivity contribution in [1.29, 1.82) is 0 Å². The van der Waals surface area contributed by atoms with Crippen LogP contribution in [0.15, 0.2) is 127 Å². The summed E-state index contributed by atoms with van der Waals surface area (Å²) in [4.78, 5) is 61.7. The Morgan fingerprint density at radius 3 is 1.45 bits per heavy atom. The number of alkyl carbamates (subject to hydrolysis) is 1. The second-order valence-electron chi connectivity index (χ2n) is 20.5. The van der Waals surface area contributed by atoms with Crippen molar-refractivity contribution in [2.45, 2.75) is 101 Å². The number of aliphatic hydroxyl groups is 1. The van der Waals surface area contributed by atoms with Gasteiger partial charge in [0.2, 0.25) is 17.9 Å². The average Bonchev–Trinajstić information content (AvgIpc) is 3.55. The lowest BCUT2D eigenvalue weighted by Crippen LogP contribution is -2.43. The van der Waals surface area contributed by atoms with Gasteiger partial charge in [-0.2, -0.15) is 4.99 Å². The van der Waals surface area contributed by atoms with E-state index in [4.69, 9.17) is 17.9 Å². The van der Waals surface area contributed by atoms with Crippen molar-refractivity contribution in [2.24, 2.45) is 4.99 Å². The van der Waals surface area contributed by atoms with E-state index in [1.165, 1.54) is 12.2 Å². The number of aliphatic imine (C=N–C) groups is 1.